The first-order chi connectivity index (χ1) is 11.5. The summed E-state index contributed by atoms with van der Waals surface area (Å²) in [5, 5.41) is 15.2. The van der Waals surface area contributed by atoms with Gasteiger partial charge in [-0.05, 0) is 24.3 Å². The molecule has 0 radical (unpaired) electrons. The molecule has 0 aliphatic carbocycles. The van der Waals surface area contributed by atoms with Crippen molar-refractivity contribution < 1.29 is 14.5 Å². The number of nitrogens with zero attached hydrogens (tertiary/aromatic N) is 2. The molecule has 7 nitrogen and oxygen atoms in total. The van der Waals surface area contributed by atoms with Crippen LogP contribution < -0.4 is 10.2 Å². The number of nitro benzene ring substituents is 1. The van der Waals surface area contributed by atoms with E-state index in [4.69, 9.17) is 27.9 Å². The molecule has 0 bridgehead atoms. The van der Waals surface area contributed by atoms with Gasteiger partial charge in [0.05, 0.1) is 21.7 Å². The third-order valence-electron chi connectivity index (χ3n) is 2.78. The van der Waals surface area contributed by atoms with E-state index in [1.807, 2.05) is 0 Å². The number of halogens is 2. The molecule has 124 valence electrons. The summed E-state index contributed by atoms with van der Waals surface area (Å²) >= 11 is 11.7. The van der Waals surface area contributed by atoms with E-state index >= 15 is 0 Å². The highest BCUT2D eigenvalue weighted by Gasteiger charge is 2.10. The number of para-hydroxylation sites is 1. The van der Waals surface area contributed by atoms with Crippen LogP contribution in [0.2, 0.25) is 10.0 Å². The van der Waals surface area contributed by atoms with Gasteiger partial charge in [0.2, 0.25) is 0 Å². The van der Waals surface area contributed by atoms with E-state index in [0.717, 1.165) is 0 Å². The number of carbonyl (C=O) groups is 1. The Morgan fingerprint density at radius 1 is 1.29 bits per heavy atom. The molecule has 0 saturated carbocycles. The first kappa shape index (κ1) is 17.7. The second-order valence-corrected chi connectivity index (χ2v) is 5.32. The molecule has 24 heavy (non-hydrogen) atoms. The molecular formula is C15H11Cl2N3O4. The van der Waals surface area contributed by atoms with Gasteiger partial charge < -0.3 is 4.74 Å². The third-order valence-corrected chi connectivity index (χ3v) is 3.31. The van der Waals surface area contributed by atoms with E-state index in [-0.39, 0.29) is 22.9 Å². The lowest BCUT2D eigenvalue weighted by Gasteiger charge is -2.06. The number of ether oxygens (including phenoxy) is 1. The zero-order chi connectivity index (χ0) is 17.5. The monoisotopic (exact) mass is 367 g/mol. The number of carbonyl (C=O) groups excluding carboxylic acids is 1. The minimum Gasteiger partial charge on any atom is -0.482 e. The van der Waals surface area contributed by atoms with E-state index in [0.29, 0.717) is 10.8 Å². The fourth-order valence-electron chi connectivity index (χ4n) is 1.70. The molecule has 2 aromatic rings. The average Bonchev–Trinajstić information content (AvgIpc) is 2.54. The summed E-state index contributed by atoms with van der Waals surface area (Å²) in [6.07, 6.45) is 1.19. The van der Waals surface area contributed by atoms with Crippen LogP contribution in [0, 0.1) is 10.1 Å². The lowest BCUT2D eigenvalue weighted by molar-refractivity contribution is -0.385. The van der Waals surface area contributed by atoms with E-state index in [1.165, 1.54) is 36.5 Å². The Kier molecular flexibility index (Phi) is 6.11. The Bertz CT molecular complexity index is 796. The Morgan fingerprint density at radius 2 is 2.04 bits per heavy atom. The van der Waals surface area contributed by atoms with Crippen LogP contribution in [0.25, 0.3) is 0 Å². The molecule has 1 amide bonds. The number of nitro groups is 1. The number of benzene rings is 2. The van der Waals surface area contributed by atoms with Gasteiger partial charge in [-0.15, -0.1) is 0 Å². The van der Waals surface area contributed by atoms with Crippen LogP contribution in [-0.4, -0.2) is 23.7 Å². The summed E-state index contributed by atoms with van der Waals surface area (Å²) in [5.74, 6) is -0.241. The van der Waals surface area contributed by atoms with E-state index in [2.05, 4.69) is 10.5 Å². The van der Waals surface area contributed by atoms with Crippen molar-refractivity contribution in [2.45, 2.75) is 0 Å². The summed E-state index contributed by atoms with van der Waals surface area (Å²) < 4.78 is 5.23. The quantitative estimate of drug-likeness (QED) is 0.480. The van der Waals surface area contributed by atoms with Crippen LogP contribution in [0.5, 0.6) is 5.75 Å². The Labute approximate surface area is 147 Å². The molecule has 2 aromatic carbocycles. The molecule has 0 atom stereocenters. The van der Waals surface area contributed by atoms with E-state index < -0.39 is 10.8 Å². The van der Waals surface area contributed by atoms with Crippen LogP contribution in [0.1, 0.15) is 5.56 Å². The van der Waals surface area contributed by atoms with E-state index in [1.54, 1.807) is 12.1 Å². The van der Waals surface area contributed by atoms with E-state index in [9.17, 15) is 14.9 Å². The van der Waals surface area contributed by atoms with Crippen molar-refractivity contribution in [3.05, 3.63) is 68.2 Å². The first-order valence-corrected chi connectivity index (χ1v) is 7.36. The van der Waals surface area contributed by atoms with Crippen LogP contribution >= 0.6 is 23.2 Å². The van der Waals surface area contributed by atoms with Gasteiger partial charge in [-0.25, -0.2) is 5.43 Å². The van der Waals surface area contributed by atoms with Crippen molar-refractivity contribution in [3.63, 3.8) is 0 Å². The molecule has 0 heterocycles. The SMILES string of the molecule is O=C(COc1ccc(Cl)cc1Cl)N/N=C/c1ccccc1[N+](=O)[O-]. The van der Waals surface area contributed by atoms with Gasteiger partial charge in [0.1, 0.15) is 5.75 Å². The lowest BCUT2D eigenvalue weighted by Crippen LogP contribution is -2.24. The minimum absolute atomic E-state index is 0.111. The largest absolute Gasteiger partial charge is 0.482 e. The van der Waals surface area contributed by atoms with Gasteiger partial charge in [-0.3, -0.25) is 14.9 Å². The summed E-state index contributed by atoms with van der Waals surface area (Å²) in [7, 11) is 0. The molecule has 9 heteroatoms. The molecule has 1 N–H and O–H groups in total. The lowest BCUT2D eigenvalue weighted by atomic mass is 10.2. The van der Waals surface area contributed by atoms with Crippen LogP contribution in [0.15, 0.2) is 47.6 Å². The third kappa shape index (κ3) is 4.94. The number of amides is 1. The van der Waals surface area contributed by atoms with Gasteiger partial charge >= 0.3 is 0 Å². The molecule has 0 aliphatic rings. The molecule has 2 rings (SSSR count). The summed E-state index contributed by atoms with van der Waals surface area (Å²) in [4.78, 5) is 22.0. The molecule has 0 fully saturated rings. The highest BCUT2D eigenvalue weighted by molar-refractivity contribution is 6.35. The van der Waals surface area contributed by atoms with Crippen molar-refractivity contribution in [2.24, 2.45) is 5.10 Å². The van der Waals surface area contributed by atoms with Gasteiger partial charge in [-0.1, -0.05) is 35.3 Å². The van der Waals surface area contributed by atoms with Crippen molar-refractivity contribution in [2.75, 3.05) is 6.61 Å². The average molecular weight is 368 g/mol. The van der Waals surface area contributed by atoms with Crippen molar-refractivity contribution in [1.82, 2.24) is 5.43 Å². The molecule has 0 aliphatic heterocycles. The number of hydrogen-bond donors (Lipinski definition) is 1. The normalized spacial score (nSPS) is 10.6. The molecule has 0 unspecified atom stereocenters. The van der Waals surface area contributed by atoms with Crippen LogP contribution in [0.3, 0.4) is 0 Å². The summed E-state index contributed by atoms with van der Waals surface area (Å²) in [6, 6.07) is 10.6. The first-order valence-electron chi connectivity index (χ1n) is 6.60. The minimum atomic E-state index is -0.546. The standard InChI is InChI=1S/C15H11Cl2N3O4/c16-11-5-6-14(12(17)7-11)24-9-15(21)19-18-8-10-3-1-2-4-13(10)20(22)23/h1-8H,9H2,(H,19,21)/b18-8+. The highest BCUT2D eigenvalue weighted by Crippen LogP contribution is 2.27. The Balaban J connectivity index is 1.90. The zero-order valence-electron chi connectivity index (χ0n) is 12.1. The zero-order valence-corrected chi connectivity index (χ0v) is 13.6. The predicted octanol–water partition coefficient (Wildman–Crippen LogP) is 3.43. The maximum absolute atomic E-state index is 11.7. The molecule has 0 spiro atoms. The van der Waals surface area contributed by atoms with Crippen molar-refractivity contribution >= 4 is 41.0 Å². The predicted molar refractivity (Wildman–Crippen MR) is 90.8 cm³/mol. The number of nitrogens with one attached hydrogen (secondary N) is 1. The highest BCUT2D eigenvalue weighted by atomic mass is 35.5. The summed E-state index contributed by atoms with van der Waals surface area (Å²) in [6.45, 7) is -0.324. The fraction of sp³-hybridized carbons (Fsp3) is 0.0667. The summed E-state index contributed by atoms with van der Waals surface area (Å²) in [5.41, 5.74) is 2.37. The maximum atomic E-state index is 11.7. The van der Waals surface area contributed by atoms with Gasteiger partial charge in [0.25, 0.3) is 11.6 Å². The molecular weight excluding hydrogens is 357 g/mol. The number of hydrogen-bond acceptors (Lipinski definition) is 5. The fourth-order valence-corrected chi connectivity index (χ4v) is 2.17. The Hall–Kier alpha value is -2.64. The van der Waals surface area contributed by atoms with Crippen LogP contribution in [-0.2, 0) is 4.79 Å². The molecule has 0 aromatic heterocycles. The molecule has 0 saturated heterocycles. The number of hydrazone groups is 1. The van der Waals surface area contributed by atoms with Gasteiger partial charge in [0.15, 0.2) is 6.61 Å². The van der Waals surface area contributed by atoms with Crippen molar-refractivity contribution in [1.29, 1.82) is 0 Å². The van der Waals surface area contributed by atoms with Gasteiger partial charge in [0, 0.05) is 11.1 Å². The van der Waals surface area contributed by atoms with Gasteiger partial charge in [-0.2, -0.15) is 5.10 Å². The smallest absolute Gasteiger partial charge is 0.278 e. The second kappa shape index (κ2) is 8.28. The topological polar surface area (TPSA) is 93.8 Å². The number of rotatable bonds is 6. The second-order valence-electron chi connectivity index (χ2n) is 4.47. The van der Waals surface area contributed by atoms with Crippen LogP contribution in [0.4, 0.5) is 5.69 Å². The Morgan fingerprint density at radius 3 is 2.75 bits per heavy atom. The van der Waals surface area contributed by atoms with Crippen molar-refractivity contribution in [3.8, 4) is 5.75 Å². The maximum Gasteiger partial charge on any atom is 0.278 e.